The van der Waals surface area contributed by atoms with Crippen molar-refractivity contribution in [3.05, 3.63) is 42.5 Å². The van der Waals surface area contributed by atoms with Gasteiger partial charge in [0.05, 0.1) is 0 Å². The van der Waals surface area contributed by atoms with Crippen molar-refractivity contribution in [2.24, 2.45) is 15.7 Å². The second-order valence-corrected chi connectivity index (χ2v) is 2.88. The van der Waals surface area contributed by atoms with Crippen LogP contribution < -0.4 is 11.5 Å². The van der Waals surface area contributed by atoms with Crippen molar-refractivity contribution < 1.29 is 0 Å². The summed E-state index contributed by atoms with van der Waals surface area (Å²) in [6, 6.07) is 7.26. The van der Waals surface area contributed by atoms with Gasteiger partial charge in [-0.15, -0.1) is 0 Å². The van der Waals surface area contributed by atoms with E-state index in [2.05, 4.69) is 16.6 Å². The van der Waals surface area contributed by atoms with E-state index in [1.54, 1.807) is 24.4 Å². The average Bonchev–Trinajstić information content (AvgIpc) is 2.24. The van der Waals surface area contributed by atoms with Gasteiger partial charge in [0.1, 0.15) is 12.5 Å². The molecule has 0 amide bonds. The highest BCUT2D eigenvalue weighted by Gasteiger charge is 1.96. The van der Waals surface area contributed by atoms with Crippen LogP contribution in [-0.2, 0) is 0 Å². The lowest BCUT2D eigenvalue weighted by atomic mass is 10.2. The minimum atomic E-state index is 0.298. The van der Waals surface area contributed by atoms with Crippen LogP contribution in [0.2, 0.25) is 0 Å². The van der Waals surface area contributed by atoms with Gasteiger partial charge >= 0.3 is 0 Å². The molecule has 15 heavy (non-hydrogen) atoms. The highest BCUT2D eigenvalue weighted by molar-refractivity contribution is 5.98. The Labute approximate surface area is 89.0 Å². The zero-order valence-electron chi connectivity index (χ0n) is 8.43. The number of aliphatic imine (C=N–C) groups is 2. The quantitative estimate of drug-likeness (QED) is 0.437. The third-order valence-electron chi connectivity index (χ3n) is 1.72. The summed E-state index contributed by atoms with van der Waals surface area (Å²) in [6.07, 6.45) is 3.17. The zero-order chi connectivity index (χ0) is 11.1. The number of hydrogen-bond donors (Lipinski definition) is 2. The third-order valence-corrected chi connectivity index (χ3v) is 1.72. The molecular weight excluding hydrogens is 188 g/mol. The maximum atomic E-state index is 5.74. The van der Waals surface area contributed by atoms with Crippen LogP contribution in [0.1, 0.15) is 5.56 Å². The average molecular weight is 202 g/mol. The number of rotatable bonds is 4. The molecule has 1 rings (SSSR count). The maximum Gasteiger partial charge on any atom is 0.131 e. The standard InChI is InChI=1S/C11H14N4/c1-2-6-14-8-15-11(13)9-4-3-5-10(12)7-9/h2-7H,1,8,12H2,(H2,13,15). The van der Waals surface area contributed by atoms with E-state index in [-0.39, 0.29) is 0 Å². The zero-order valence-corrected chi connectivity index (χ0v) is 8.43. The number of amidine groups is 1. The SMILES string of the molecule is C=CC=NCN=C(N)c1cccc(N)c1. The van der Waals surface area contributed by atoms with Crippen molar-refractivity contribution in [3.63, 3.8) is 0 Å². The van der Waals surface area contributed by atoms with Crippen LogP contribution in [0.3, 0.4) is 0 Å². The van der Waals surface area contributed by atoms with Gasteiger partial charge in [-0.25, -0.2) is 4.99 Å². The molecule has 78 valence electrons. The van der Waals surface area contributed by atoms with Gasteiger partial charge in [-0.05, 0) is 12.1 Å². The van der Waals surface area contributed by atoms with Gasteiger partial charge in [-0.3, -0.25) is 4.99 Å². The van der Waals surface area contributed by atoms with Gasteiger partial charge in [0.15, 0.2) is 0 Å². The number of anilines is 1. The molecule has 4 N–H and O–H groups in total. The molecule has 0 unspecified atom stereocenters. The van der Waals surface area contributed by atoms with Crippen LogP contribution in [0.25, 0.3) is 0 Å². The number of nitrogens with two attached hydrogens (primary N) is 2. The first kappa shape index (κ1) is 11.0. The van der Waals surface area contributed by atoms with Crippen LogP contribution in [0.15, 0.2) is 46.9 Å². The Bertz CT molecular complexity index is 393. The van der Waals surface area contributed by atoms with E-state index in [1.165, 1.54) is 0 Å². The summed E-state index contributed by atoms with van der Waals surface area (Å²) in [7, 11) is 0. The lowest BCUT2D eigenvalue weighted by Crippen LogP contribution is -2.13. The van der Waals surface area contributed by atoms with Gasteiger partial charge in [-0.1, -0.05) is 24.8 Å². The molecule has 0 spiro atoms. The maximum absolute atomic E-state index is 5.74. The monoisotopic (exact) mass is 202 g/mol. The number of hydrogen-bond acceptors (Lipinski definition) is 3. The fraction of sp³-hybridized carbons (Fsp3) is 0.0909. The Morgan fingerprint density at radius 3 is 2.93 bits per heavy atom. The first-order valence-electron chi connectivity index (χ1n) is 4.50. The van der Waals surface area contributed by atoms with Gasteiger partial charge < -0.3 is 11.5 Å². The van der Waals surface area contributed by atoms with Gasteiger partial charge in [-0.2, -0.15) is 0 Å². The summed E-state index contributed by atoms with van der Waals surface area (Å²) in [5.41, 5.74) is 12.8. The summed E-state index contributed by atoms with van der Waals surface area (Å²) >= 11 is 0. The molecule has 1 aromatic carbocycles. The molecule has 0 fully saturated rings. The van der Waals surface area contributed by atoms with Crippen LogP contribution in [0, 0.1) is 0 Å². The summed E-state index contributed by atoms with van der Waals surface area (Å²) in [6.45, 7) is 3.80. The molecule has 0 atom stereocenters. The molecule has 0 heterocycles. The lowest BCUT2D eigenvalue weighted by molar-refractivity contribution is 1.07. The Morgan fingerprint density at radius 2 is 2.27 bits per heavy atom. The smallest absolute Gasteiger partial charge is 0.131 e. The fourth-order valence-electron chi connectivity index (χ4n) is 1.03. The summed E-state index contributed by atoms with van der Waals surface area (Å²) < 4.78 is 0. The van der Waals surface area contributed by atoms with E-state index in [1.807, 2.05) is 12.1 Å². The predicted molar refractivity (Wildman–Crippen MR) is 65.1 cm³/mol. The van der Waals surface area contributed by atoms with Crippen molar-refractivity contribution >= 4 is 17.7 Å². The number of nitrogens with zero attached hydrogens (tertiary/aromatic N) is 2. The van der Waals surface area contributed by atoms with Crippen molar-refractivity contribution in [2.75, 3.05) is 12.4 Å². The summed E-state index contributed by atoms with van der Waals surface area (Å²) in [5, 5.41) is 0. The Balaban J connectivity index is 2.71. The van der Waals surface area contributed by atoms with E-state index < -0.39 is 0 Å². The molecule has 1 aromatic rings. The predicted octanol–water partition coefficient (Wildman–Crippen LogP) is 1.19. The second-order valence-electron chi connectivity index (χ2n) is 2.88. The van der Waals surface area contributed by atoms with Crippen molar-refractivity contribution in [1.29, 1.82) is 0 Å². The fourth-order valence-corrected chi connectivity index (χ4v) is 1.03. The molecule has 0 aliphatic carbocycles. The Kier molecular flexibility index (Phi) is 4.09. The largest absolute Gasteiger partial charge is 0.399 e. The molecule has 0 aliphatic rings. The van der Waals surface area contributed by atoms with Gasteiger partial charge in [0, 0.05) is 17.5 Å². The van der Waals surface area contributed by atoms with Gasteiger partial charge in [0.2, 0.25) is 0 Å². The van der Waals surface area contributed by atoms with Crippen molar-refractivity contribution in [2.45, 2.75) is 0 Å². The number of benzene rings is 1. The number of nitrogen functional groups attached to an aromatic ring is 1. The highest BCUT2D eigenvalue weighted by Crippen LogP contribution is 2.05. The minimum absolute atomic E-state index is 0.298. The minimum Gasteiger partial charge on any atom is -0.399 e. The summed E-state index contributed by atoms with van der Waals surface area (Å²) in [4.78, 5) is 8.00. The van der Waals surface area contributed by atoms with E-state index in [9.17, 15) is 0 Å². The molecule has 0 aliphatic heterocycles. The molecule has 4 nitrogen and oxygen atoms in total. The van der Waals surface area contributed by atoms with Crippen LogP contribution in [0.4, 0.5) is 5.69 Å². The highest BCUT2D eigenvalue weighted by atomic mass is 15.0. The van der Waals surface area contributed by atoms with E-state index in [0.717, 1.165) is 5.56 Å². The molecule has 0 aromatic heterocycles. The molecule has 0 radical (unpaired) electrons. The van der Waals surface area contributed by atoms with Crippen LogP contribution >= 0.6 is 0 Å². The molecule has 0 bridgehead atoms. The molecule has 0 saturated heterocycles. The lowest BCUT2D eigenvalue weighted by Gasteiger charge is -2.00. The molecule has 0 saturated carbocycles. The molecular formula is C11H14N4. The Hall–Kier alpha value is -2.10. The Morgan fingerprint density at radius 1 is 1.47 bits per heavy atom. The topological polar surface area (TPSA) is 76.8 Å². The molecule has 4 heteroatoms. The van der Waals surface area contributed by atoms with Gasteiger partial charge in [0.25, 0.3) is 0 Å². The second kappa shape index (κ2) is 5.59. The normalized spacial score (nSPS) is 11.9. The van der Waals surface area contributed by atoms with E-state index in [0.29, 0.717) is 18.2 Å². The van der Waals surface area contributed by atoms with E-state index in [4.69, 9.17) is 11.5 Å². The number of allylic oxidation sites excluding steroid dienone is 1. The van der Waals surface area contributed by atoms with Crippen LogP contribution in [-0.4, -0.2) is 18.7 Å². The first-order chi connectivity index (χ1) is 7.24. The van der Waals surface area contributed by atoms with Crippen molar-refractivity contribution in [1.82, 2.24) is 0 Å². The first-order valence-corrected chi connectivity index (χ1v) is 4.50. The summed E-state index contributed by atoms with van der Waals surface area (Å²) in [5.74, 6) is 0.434. The van der Waals surface area contributed by atoms with E-state index >= 15 is 0 Å². The van der Waals surface area contributed by atoms with Crippen molar-refractivity contribution in [3.8, 4) is 0 Å². The third kappa shape index (κ3) is 3.64. The van der Waals surface area contributed by atoms with Crippen LogP contribution in [0.5, 0.6) is 0 Å².